The first kappa shape index (κ1) is 17.0. The third-order valence-electron chi connectivity index (χ3n) is 4.81. The predicted molar refractivity (Wildman–Crippen MR) is 105 cm³/mol. The number of thiol groups is 1. The van der Waals surface area contributed by atoms with Crippen LogP contribution in [0.4, 0.5) is 5.82 Å². The van der Waals surface area contributed by atoms with Crippen molar-refractivity contribution in [3.63, 3.8) is 0 Å². The van der Waals surface area contributed by atoms with E-state index >= 15 is 0 Å². The Hall–Kier alpha value is -2.47. The summed E-state index contributed by atoms with van der Waals surface area (Å²) in [7, 11) is -2.40. The lowest BCUT2D eigenvalue weighted by molar-refractivity contribution is 0.573. The van der Waals surface area contributed by atoms with E-state index in [1.165, 1.54) is 19.3 Å². The zero-order valence-electron chi connectivity index (χ0n) is 14.5. The first-order valence-corrected chi connectivity index (χ1v) is 10.3. The highest BCUT2D eigenvalue weighted by Crippen LogP contribution is 2.25. The fourth-order valence-electron chi connectivity index (χ4n) is 3.41. The van der Waals surface area contributed by atoms with Gasteiger partial charge in [-0.1, -0.05) is 30.3 Å². The van der Waals surface area contributed by atoms with Gasteiger partial charge in [0.25, 0.3) is 0 Å². The molecule has 6 heteroatoms. The average molecular weight is 367 g/mol. The minimum atomic E-state index is -2.40. The molecule has 2 aromatic carbocycles. The largest absolute Gasteiger partial charge is 0.355 e. The second-order valence-corrected chi connectivity index (χ2v) is 7.65. The van der Waals surface area contributed by atoms with E-state index in [9.17, 15) is 8.42 Å². The lowest BCUT2D eigenvalue weighted by Crippen LogP contribution is -2.30. The van der Waals surface area contributed by atoms with Gasteiger partial charge in [0.15, 0.2) is 0 Å². The lowest BCUT2D eigenvalue weighted by atomic mass is 10.0. The van der Waals surface area contributed by atoms with Crippen LogP contribution in [0.15, 0.2) is 48.7 Å². The van der Waals surface area contributed by atoms with Crippen LogP contribution in [0.1, 0.15) is 24.8 Å². The maximum absolute atomic E-state index is 10.9. The first-order chi connectivity index (χ1) is 12.7. The summed E-state index contributed by atoms with van der Waals surface area (Å²) in [5.74, 6) is 1.03. The summed E-state index contributed by atoms with van der Waals surface area (Å²) >= 11 is 0. The van der Waals surface area contributed by atoms with E-state index in [1.54, 1.807) is 0 Å². The molecule has 0 saturated carbocycles. The number of nitrogens with zero attached hydrogens (tertiary/aromatic N) is 3. The van der Waals surface area contributed by atoms with Crippen LogP contribution in [-0.4, -0.2) is 31.5 Å². The van der Waals surface area contributed by atoms with Gasteiger partial charge in [0.05, 0.1) is 23.0 Å². The van der Waals surface area contributed by atoms with Crippen molar-refractivity contribution >= 4 is 27.6 Å². The van der Waals surface area contributed by atoms with E-state index in [-0.39, 0.29) is 5.75 Å². The number of hydrogen-bond donors (Lipinski definition) is 1. The molecule has 0 atom stereocenters. The standard InChI is InChI=1S/C20H21N3O2S/c24-26(25)14-15-4-6-16(7-5-15)17-8-9-18-19(12-17)22-20(13-21-18)23-10-2-1-3-11-23/h4-9,12-13,26H,1-3,10-11,14H2. The van der Waals surface area contributed by atoms with Crippen LogP contribution in [0.2, 0.25) is 0 Å². The van der Waals surface area contributed by atoms with Crippen molar-refractivity contribution in [3.8, 4) is 11.1 Å². The molecular weight excluding hydrogens is 346 g/mol. The van der Waals surface area contributed by atoms with Crippen LogP contribution in [0.5, 0.6) is 0 Å². The van der Waals surface area contributed by atoms with E-state index < -0.39 is 10.7 Å². The Labute approximate surface area is 154 Å². The second-order valence-electron chi connectivity index (χ2n) is 6.67. The maximum Gasteiger partial charge on any atom is 0.147 e. The van der Waals surface area contributed by atoms with Gasteiger partial charge in [0.1, 0.15) is 16.5 Å². The summed E-state index contributed by atoms with van der Waals surface area (Å²) < 4.78 is 21.7. The minimum absolute atomic E-state index is 0.0814. The SMILES string of the molecule is O=[SH](=O)Cc1ccc(-c2ccc3ncc(N4CCCCC4)nc3c2)cc1. The highest BCUT2D eigenvalue weighted by Gasteiger charge is 2.13. The highest BCUT2D eigenvalue weighted by molar-refractivity contribution is 7.71. The normalized spacial score (nSPS) is 14.9. The number of benzene rings is 2. The van der Waals surface area contributed by atoms with Crippen LogP contribution in [-0.2, 0) is 16.5 Å². The second kappa shape index (κ2) is 7.41. The zero-order chi connectivity index (χ0) is 17.9. The van der Waals surface area contributed by atoms with E-state index in [0.717, 1.165) is 46.6 Å². The van der Waals surface area contributed by atoms with Gasteiger partial charge >= 0.3 is 0 Å². The molecule has 0 radical (unpaired) electrons. The summed E-state index contributed by atoms with van der Waals surface area (Å²) in [6.07, 6.45) is 5.58. The van der Waals surface area contributed by atoms with Gasteiger partial charge in [0.2, 0.25) is 0 Å². The number of piperidine rings is 1. The minimum Gasteiger partial charge on any atom is -0.355 e. The van der Waals surface area contributed by atoms with Crippen LogP contribution < -0.4 is 4.90 Å². The number of aromatic nitrogens is 2. The molecule has 2 heterocycles. The Balaban J connectivity index is 1.65. The van der Waals surface area contributed by atoms with Crippen LogP contribution in [0.3, 0.4) is 0 Å². The van der Waals surface area contributed by atoms with Crippen molar-refractivity contribution in [1.82, 2.24) is 9.97 Å². The van der Waals surface area contributed by atoms with Crippen LogP contribution in [0.25, 0.3) is 22.2 Å². The molecule has 0 bridgehead atoms. The monoisotopic (exact) mass is 367 g/mol. The molecule has 0 spiro atoms. The molecule has 1 saturated heterocycles. The van der Waals surface area contributed by atoms with Crippen molar-refractivity contribution in [1.29, 1.82) is 0 Å². The number of fused-ring (bicyclic) bond motifs is 1. The zero-order valence-corrected chi connectivity index (χ0v) is 15.4. The fourth-order valence-corrected chi connectivity index (χ4v) is 3.92. The molecule has 26 heavy (non-hydrogen) atoms. The smallest absolute Gasteiger partial charge is 0.147 e. The molecule has 1 aliphatic rings. The van der Waals surface area contributed by atoms with Gasteiger partial charge in [-0.2, -0.15) is 0 Å². The summed E-state index contributed by atoms with van der Waals surface area (Å²) in [4.78, 5) is 11.7. The van der Waals surface area contributed by atoms with Gasteiger partial charge in [-0.25, -0.2) is 13.4 Å². The number of rotatable bonds is 4. The molecule has 4 rings (SSSR count). The van der Waals surface area contributed by atoms with Crippen molar-refractivity contribution in [3.05, 3.63) is 54.2 Å². The molecule has 3 aromatic rings. The molecule has 134 valence electrons. The van der Waals surface area contributed by atoms with Gasteiger partial charge in [-0.3, -0.25) is 4.98 Å². The van der Waals surface area contributed by atoms with Crippen molar-refractivity contribution in [2.24, 2.45) is 0 Å². The predicted octanol–water partition coefficient (Wildman–Crippen LogP) is 3.40. The fraction of sp³-hybridized carbons (Fsp3) is 0.300. The summed E-state index contributed by atoms with van der Waals surface area (Å²) in [6, 6.07) is 13.7. The molecule has 5 nitrogen and oxygen atoms in total. The molecular formula is C20H21N3O2S. The maximum atomic E-state index is 10.9. The quantitative estimate of drug-likeness (QED) is 0.716. The first-order valence-electron chi connectivity index (χ1n) is 8.92. The van der Waals surface area contributed by atoms with E-state index in [1.807, 2.05) is 42.6 Å². The van der Waals surface area contributed by atoms with E-state index in [0.29, 0.717) is 0 Å². The average Bonchev–Trinajstić information content (AvgIpc) is 2.68. The summed E-state index contributed by atoms with van der Waals surface area (Å²) in [5.41, 5.74) is 4.67. The third-order valence-corrected chi connectivity index (χ3v) is 5.43. The Morgan fingerprint density at radius 1 is 0.885 bits per heavy atom. The number of hydrogen-bond acceptors (Lipinski definition) is 5. The molecule has 0 unspecified atom stereocenters. The Kier molecular flexibility index (Phi) is 4.84. The molecule has 1 aliphatic heterocycles. The van der Waals surface area contributed by atoms with Crippen molar-refractivity contribution in [2.75, 3.05) is 18.0 Å². The molecule has 1 aromatic heterocycles. The number of anilines is 1. The van der Waals surface area contributed by atoms with Crippen molar-refractivity contribution < 1.29 is 8.42 Å². The van der Waals surface area contributed by atoms with Crippen LogP contribution >= 0.6 is 0 Å². The van der Waals surface area contributed by atoms with E-state index in [4.69, 9.17) is 4.98 Å². The van der Waals surface area contributed by atoms with Gasteiger partial charge in [-0.05, 0) is 48.1 Å². The topological polar surface area (TPSA) is 63.2 Å². The molecule has 0 amide bonds. The van der Waals surface area contributed by atoms with Crippen molar-refractivity contribution in [2.45, 2.75) is 25.0 Å². The third kappa shape index (κ3) is 3.70. The van der Waals surface area contributed by atoms with Gasteiger partial charge < -0.3 is 4.90 Å². The summed E-state index contributed by atoms with van der Waals surface area (Å²) in [6.45, 7) is 2.09. The molecule has 0 N–H and O–H groups in total. The Bertz CT molecular complexity index is 986. The summed E-state index contributed by atoms with van der Waals surface area (Å²) in [5, 5.41) is 0. The van der Waals surface area contributed by atoms with Gasteiger partial charge in [-0.15, -0.1) is 0 Å². The van der Waals surface area contributed by atoms with Crippen LogP contribution in [0, 0.1) is 0 Å². The molecule has 0 aliphatic carbocycles. The molecule has 1 fully saturated rings. The highest BCUT2D eigenvalue weighted by atomic mass is 32.2. The van der Waals surface area contributed by atoms with Gasteiger partial charge in [0, 0.05) is 13.1 Å². The Morgan fingerprint density at radius 2 is 1.62 bits per heavy atom. The lowest BCUT2D eigenvalue weighted by Gasteiger charge is -2.27. The Morgan fingerprint density at radius 3 is 2.35 bits per heavy atom. The van der Waals surface area contributed by atoms with E-state index in [2.05, 4.69) is 16.0 Å².